The lowest BCUT2D eigenvalue weighted by Gasteiger charge is -2.07. The summed E-state index contributed by atoms with van der Waals surface area (Å²) in [5, 5.41) is 9.63. The van der Waals surface area contributed by atoms with E-state index in [-0.39, 0.29) is 0 Å². The van der Waals surface area contributed by atoms with Crippen molar-refractivity contribution in [2.24, 2.45) is 0 Å². The highest BCUT2D eigenvalue weighted by atomic mass is 32.2. The van der Waals surface area contributed by atoms with Crippen molar-refractivity contribution < 1.29 is 5.11 Å². The molecule has 19 heavy (non-hydrogen) atoms. The smallest absolute Gasteiger partial charge is 0.118 e. The number of benzene rings is 1. The normalized spacial score (nSPS) is 10.8. The number of hydrogen-bond donors (Lipinski definition) is 1. The van der Waals surface area contributed by atoms with E-state index < -0.39 is 0 Å². The summed E-state index contributed by atoms with van der Waals surface area (Å²) in [6.45, 7) is 4.26. The van der Waals surface area contributed by atoms with Crippen molar-refractivity contribution in [3.05, 3.63) is 29.3 Å². The first-order valence-electron chi connectivity index (χ1n) is 7.61. The predicted octanol–water partition coefficient (Wildman–Crippen LogP) is 5.68. The number of unbranched alkanes of at least 4 members (excludes halogenated alkanes) is 6. The van der Waals surface area contributed by atoms with Gasteiger partial charge in [0.15, 0.2) is 0 Å². The summed E-state index contributed by atoms with van der Waals surface area (Å²) in [6.07, 6.45) is 9.64. The fraction of sp³-hybridized carbons (Fsp3) is 0.647. The lowest BCUT2D eigenvalue weighted by Crippen LogP contribution is -1.89. The fourth-order valence-corrected chi connectivity index (χ4v) is 3.25. The Labute approximate surface area is 122 Å². The average Bonchev–Trinajstić information content (AvgIpc) is 2.41. The third-order valence-electron chi connectivity index (χ3n) is 3.57. The van der Waals surface area contributed by atoms with Crippen LogP contribution in [0.4, 0.5) is 0 Å². The molecule has 1 N–H and O–H groups in total. The molecular weight excluding hydrogens is 252 g/mol. The Kier molecular flexibility index (Phi) is 8.81. The second-order valence-electron chi connectivity index (χ2n) is 5.24. The van der Waals surface area contributed by atoms with Crippen molar-refractivity contribution in [1.29, 1.82) is 0 Å². The quantitative estimate of drug-likeness (QED) is 0.556. The second-order valence-corrected chi connectivity index (χ2v) is 6.34. The first kappa shape index (κ1) is 16.4. The van der Waals surface area contributed by atoms with Crippen molar-refractivity contribution in [2.75, 3.05) is 5.75 Å². The SMILES string of the molecule is CCCCCCCCCSCc1cccc(O)c1C. The maximum absolute atomic E-state index is 9.63. The molecule has 0 saturated heterocycles. The van der Waals surface area contributed by atoms with Gasteiger partial charge in [-0.2, -0.15) is 11.8 Å². The third-order valence-corrected chi connectivity index (χ3v) is 4.66. The molecule has 0 heterocycles. The van der Waals surface area contributed by atoms with Crippen LogP contribution in [0.1, 0.15) is 63.0 Å². The van der Waals surface area contributed by atoms with E-state index in [0.29, 0.717) is 5.75 Å². The lowest BCUT2D eigenvalue weighted by molar-refractivity contribution is 0.470. The van der Waals surface area contributed by atoms with E-state index in [2.05, 4.69) is 13.0 Å². The Morgan fingerprint density at radius 3 is 2.42 bits per heavy atom. The van der Waals surface area contributed by atoms with Crippen LogP contribution in [0.25, 0.3) is 0 Å². The van der Waals surface area contributed by atoms with Gasteiger partial charge in [-0.05, 0) is 36.3 Å². The van der Waals surface area contributed by atoms with Gasteiger partial charge in [0.2, 0.25) is 0 Å². The minimum Gasteiger partial charge on any atom is -0.508 e. The van der Waals surface area contributed by atoms with Gasteiger partial charge in [-0.15, -0.1) is 0 Å². The number of rotatable bonds is 10. The standard InChI is InChI=1S/C17H28OS/c1-3-4-5-6-7-8-9-13-19-14-16-11-10-12-17(18)15(16)2/h10-12,18H,3-9,13-14H2,1-2H3. The van der Waals surface area contributed by atoms with Gasteiger partial charge in [0.1, 0.15) is 5.75 Å². The molecule has 0 aliphatic heterocycles. The highest BCUT2D eigenvalue weighted by Gasteiger charge is 2.02. The Morgan fingerprint density at radius 1 is 1.00 bits per heavy atom. The van der Waals surface area contributed by atoms with Crippen LogP contribution in [-0.2, 0) is 5.75 Å². The maximum atomic E-state index is 9.63. The topological polar surface area (TPSA) is 20.2 Å². The Balaban J connectivity index is 2.03. The van der Waals surface area contributed by atoms with E-state index in [1.54, 1.807) is 6.07 Å². The lowest BCUT2D eigenvalue weighted by atomic mass is 10.1. The first-order chi connectivity index (χ1) is 9.25. The minimum absolute atomic E-state index is 0.425. The molecular formula is C17H28OS. The molecule has 0 fully saturated rings. The molecule has 0 amide bonds. The zero-order valence-corrected chi connectivity index (χ0v) is 13.3. The minimum atomic E-state index is 0.425. The predicted molar refractivity (Wildman–Crippen MR) is 87.0 cm³/mol. The highest BCUT2D eigenvalue weighted by molar-refractivity contribution is 7.98. The number of phenolic OH excluding ortho intramolecular Hbond substituents is 1. The summed E-state index contributed by atoms with van der Waals surface area (Å²) in [6, 6.07) is 5.82. The molecule has 0 saturated carbocycles. The molecule has 0 aliphatic carbocycles. The van der Waals surface area contributed by atoms with E-state index in [1.165, 1.54) is 56.3 Å². The molecule has 0 spiro atoms. The van der Waals surface area contributed by atoms with E-state index >= 15 is 0 Å². The number of phenols is 1. The van der Waals surface area contributed by atoms with Gasteiger partial charge in [0.05, 0.1) is 0 Å². The molecule has 0 atom stereocenters. The van der Waals surface area contributed by atoms with E-state index in [0.717, 1.165) is 11.3 Å². The van der Waals surface area contributed by atoms with E-state index in [4.69, 9.17) is 0 Å². The monoisotopic (exact) mass is 280 g/mol. The molecule has 0 radical (unpaired) electrons. The Morgan fingerprint density at radius 2 is 1.68 bits per heavy atom. The van der Waals surface area contributed by atoms with Crippen LogP contribution in [0, 0.1) is 6.92 Å². The molecule has 0 aromatic heterocycles. The molecule has 0 bridgehead atoms. The Hall–Kier alpha value is -0.630. The van der Waals surface area contributed by atoms with Gasteiger partial charge >= 0.3 is 0 Å². The van der Waals surface area contributed by atoms with Gasteiger partial charge in [-0.1, -0.05) is 57.6 Å². The summed E-state index contributed by atoms with van der Waals surface area (Å²) >= 11 is 1.99. The zero-order chi connectivity index (χ0) is 13.9. The van der Waals surface area contributed by atoms with Gasteiger partial charge in [-0.3, -0.25) is 0 Å². The number of aromatic hydroxyl groups is 1. The third kappa shape index (κ3) is 6.91. The Bertz CT molecular complexity index is 349. The van der Waals surface area contributed by atoms with Gasteiger partial charge < -0.3 is 5.11 Å². The second kappa shape index (κ2) is 10.2. The van der Waals surface area contributed by atoms with Crippen molar-refractivity contribution in [2.45, 2.75) is 64.5 Å². The van der Waals surface area contributed by atoms with Crippen molar-refractivity contribution in [3.63, 3.8) is 0 Å². The molecule has 1 nitrogen and oxygen atoms in total. The molecule has 0 unspecified atom stereocenters. The summed E-state index contributed by atoms with van der Waals surface area (Å²) in [5.41, 5.74) is 2.31. The molecule has 2 heteroatoms. The summed E-state index contributed by atoms with van der Waals surface area (Å²) in [7, 11) is 0. The first-order valence-corrected chi connectivity index (χ1v) is 8.76. The van der Waals surface area contributed by atoms with E-state index in [1.807, 2.05) is 24.8 Å². The summed E-state index contributed by atoms with van der Waals surface area (Å²) in [4.78, 5) is 0. The van der Waals surface area contributed by atoms with Crippen LogP contribution in [0.15, 0.2) is 18.2 Å². The van der Waals surface area contributed by atoms with E-state index in [9.17, 15) is 5.11 Å². The summed E-state index contributed by atoms with van der Waals surface area (Å²) in [5.74, 6) is 2.69. The van der Waals surface area contributed by atoms with Crippen molar-refractivity contribution >= 4 is 11.8 Å². The van der Waals surface area contributed by atoms with Crippen molar-refractivity contribution in [3.8, 4) is 5.75 Å². The van der Waals surface area contributed by atoms with Crippen LogP contribution in [0.5, 0.6) is 5.75 Å². The molecule has 108 valence electrons. The van der Waals surface area contributed by atoms with Crippen LogP contribution in [-0.4, -0.2) is 10.9 Å². The highest BCUT2D eigenvalue weighted by Crippen LogP contribution is 2.24. The average molecular weight is 280 g/mol. The van der Waals surface area contributed by atoms with Crippen LogP contribution in [0.2, 0.25) is 0 Å². The fourth-order valence-electron chi connectivity index (χ4n) is 2.17. The van der Waals surface area contributed by atoms with Gasteiger partial charge in [0.25, 0.3) is 0 Å². The molecule has 1 aromatic rings. The zero-order valence-electron chi connectivity index (χ0n) is 12.5. The number of hydrogen-bond acceptors (Lipinski definition) is 2. The van der Waals surface area contributed by atoms with Crippen LogP contribution in [0.3, 0.4) is 0 Å². The largest absolute Gasteiger partial charge is 0.508 e. The van der Waals surface area contributed by atoms with Gasteiger partial charge in [0, 0.05) is 5.75 Å². The molecule has 1 aromatic carbocycles. The maximum Gasteiger partial charge on any atom is 0.118 e. The molecule has 0 aliphatic rings. The summed E-state index contributed by atoms with van der Waals surface area (Å²) < 4.78 is 0. The molecule has 1 rings (SSSR count). The van der Waals surface area contributed by atoms with Gasteiger partial charge in [-0.25, -0.2) is 0 Å². The van der Waals surface area contributed by atoms with Crippen molar-refractivity contribution in [1.82, 2.24) is 0 Å². The van der Waals surface area contributed by atoms with Crippen LogP contribution < -0.4 is 0 Å². The van der Waals surface area contributed by atoms with Crippen LogP contribution >= 0.6 is 11.8 Å². The number of thioether (sulfide) groups is 1.